The number of amides is 2. The minimum absolute atomic E-state index is 0.177. The lowest BCUT2D eigenvalue weighted by Gasteiger charge is -2.16. The van der Waals surface area contributed by atoms with Crippen molar-refractivity contribution < 1.29 is 18.4 Å². The zero-order chi connectivity index (χ0) is 17.7. The number of halogens is 3. The van der Waals surface area contributed by atoms with Crippen LogP contribution in [0.1, 0.15) is 11.1 Å². The average molecular weight is 397 g/mol. The number of rotatable bonds is 6. The fourth-order valence-corrected chi connectivity index (χ4v) is 2.71. The van der Waals surface area contributed by atoms with Crippen molar-refractivity contribution in [2.75, 3.05) is 0 Å². The van der Waals surface area contributed by atoms with E-state index < -0.39 is 29.5 Å². The number of hydrogen-bond acceptors (Lipinski definition) is 2. The molecule has 1 atom stereocenters. The maximum atomic E-state index is 13.1. The zero-order valence-electron chi connectivity index (χ0n) is 12.6. The number of benzene rings is 2. The van der Waals surface area contributed by atoms with Crippen molar-refractivity contribution in [3.63, 3.8) is 0 Å². The Hall–Kier alpha value is -2.28. The maximum Gasteiger partial charge on any atom is 0.240 e. The number of nitrogens with two attached hydrogens (primary N) is 1. The quantitative estimate of drug-likeness (QED) is 0.786. The molecule has 0 heterocycles. The summed E-state index contributed by atoms with van der Waals surface area (Å²) in [4.78, 5) is 23.6. The normalized spacial score (nSPS) is 11.8. The van der Waals surface area contributed by atoms with Gasteiger partial charge in [0.1, 0.15) is 17.7 Å². The van der Waals surface area contributed by atoms with Crippen LogP contribution in [0.25, 0.3) is 0 Å². The first-order chi connectivity index (χ1) is 11.3. The Balaban J connectivity index is 2.04. The van der Waals surface area contributed by atoms with Crippen LogP contribution in [0.5, 0.6) is 0 Å². The molecule has 2 amide bonds. The fourth-order valence-electron chi connectivity index (χ4n) is 2.27. The van der Waals surface area contributed by atoms with Gasteiger partial charge in [0, 0.05) is 17.0 Å². The molecule has 0 aromatic heterocycles. The van der Waals surface area contributed by atoms with E-state index >= 15 is 0 Å². The van der Waals surface area contributed by atoms with Gasteiger partial charge in [0.05, 0.1) is 6.42 Å². The van der Waals surface area contributed by atoms with Gasteiger partial charge in [-0.15, -0.1) is 0 Å². The van der Waals surface area contributed by atoms with Crippen LogP contribution >= 0.6 is 15.9 Å². The molecule has 0 saturated heterocycles. The maximum absolute atomic E-state index is 13.1. The van der Waals surface area contributed by atoms with Crippen LogP contribution in [0, 0.1) is 11.6 Å². The van der Waals surface area contributed by atoms with Crippen molar-refractivity contribution >= 4 is 27.7 Å². The van der Waals surface area contributed by atoms with Crippen LogP contribution in [-0.2, 0) is 22.4 Å². The summed E-state index contributed by atoms with van der Waals surface area (Å²) in [5, 5.41) is 2.50. The Morgan fingerprint density at radius 3 is 2.33 bits per heavy atom. The molecule has 0 spiro atoms. The molecule has 0 saturated carbocycles. The Morgan fingerprint density at radius 1 is 1.08 bits per heavy atom. The number of carbonyl (C=O) groups excluding carboxylic acids is 2. The molecular formula is C17H15BrF2N2O2. The molecule has 2 aromatic rings. The lowest BCUT2D eigenvalue weighted by Crippen LogP contribution is -2.46. The van der Waals surface area contributed by atoms with Crippen molar-refractivity contribution in [3.05, 3.63) is 69.7 Å². The monoisotopic (exact) mass is 396 g/mol. The molecule has 0 bridgehead atoms. The SMILES string of the molecule is NC(=O)[C@H](Cc1cccc(Br)c1)NC(=O)Cc1cc(F)cc(F)c1. The molecule has 0 fully saturated rings. The van der Waals surface area contributed by atoms with Gasteiger partial charge in [0.2, 0.25) is 11.8 Å². The third-order valence-corrected chi connectivity index (χ3v) is 3.79. The number of nitrogens with one attached hydrogen (secondary N) is 1. The molecule has 0 radical (unpaired) electrons. The predicted octanol–water partition coefficient (Wildman–Crippen LogP) is 2.48. The molecule has 24 heavy (non-hydrogen) atoms. The number of hydrogen-bond donors (Lipinski definition) is 2. The largest absolute Gasteiger partial charge is 0.368 e. The Kier molecular flexibility index (Phi) is 6.03. The molecule has 0 aliphatic heterocycles. The van der Waals surface area contributed by atoms with Gasteiger partial charge in [-0.25, -0.2) is 8.78 Å². The fraction of sp³-hybridized carbons (Fsp3) is 0.176. The Labute approximate surface area is 146 Å². The highest BCUT2D eigenvalue weighted by Crippen LogP contribution is 2.13. The van der Waals surface area contributed by atoms with Crippen molar-refractivity contribution in [2.45, 2.75) is 18.9 Å². The first kappa shape index (κ1) is 18.1. The van der Waals surface area contributed by atoms with E-state index in [-0.39, 0.29) is 18.4 Å². The second kappa shape index (κ2) is 8.01. The highest BCUT2D eigenvalue weighted by atomic mass is 79.9. The van der Waals surface area contributed by atoms with E-state index in [1.54, 1.807) is 12.1 Å². The first-order valence-corrected chi connectivity index (χ1v) is 7.91. The summed E-state index contributed by atoms with van der Waals surface area (Å²) in [7, 11) is 0. The summed E-state index contributed by atoms with van der Waals surface area (Å²) in [5.74, 6) is -2.76. The van der Waals surface area contributed by atoms with E-state index in [9.17, 15) is 18.4 Å². The second-order valence-electron chi connectivity index (χ2n) is 5.31. The van der Waals surface area contributed by atoms with E-state index in [0.29, 0.717) is 0 Å². The van der Waals surface area contributed by atoms with Crippen LogP contribution < -0.4 is 11.1 Å². The molecule has 0 aliphatic carbocycles. The lowest BCUT2D eigenvalue weighted by molar-refractivity contribution is -0.127. The third-order valence-electron chi connectivity index (χ3n) is 3.29. The first-order valence-electron chi connectivity index (χ1n) is 7.11. The highest BCUT2D eigenvalue weighted by Gasteiger charge is 2.19. The van der Waals surface area contributed by atoms with Crippen LogP contribution in [0.2, 0.25) is 0 Å². The van der Waals surface area contributed by atoms with Gasteiger partial charge in [-0.05, 0) is 35.4 Å². The third kappa shape index (κ3) is 5.42. The standard InChI is InChI=1S/C17H15BrF2N2O2/c18-12-3-1-2-10(4-12)7-15(17(21)24)22-16(23)8-11-5-13(19)9-14(20)6-11/h1-6,9,15H,7-8H2,(H2,21,24)(H,22,23)/t15-/m0/s1. The van der Waals surface area contributed by atoms with E-state index in [2.05, 4.69) is 21.2 Å². The minimum Gasteiger partial charge on any atom is -0.368 e. The molecule has 126 valence electrons. The topological polar surface area (TPSA) is 72.2 Å². The van der Waals surface area contributed by atoms with Crippen LogP contribution in [0.4, 0.5) is 8.78 Å². The van der Waals surface area contributed by atoms with Crippen LogP contribution in [-0.4, -0.2) is 17.9 Å². The van der Waals surface area contributed by atoms with Gasteiger partial charge in [-0.3, -0.25) is 9.59 Å². The summed E-state index contributed by atoms with van der Waals surface area (Å²) in [6.07, 6.45) is -0.0328. The van der Waals surface area contributed by atoms with Gasteiger partial charge in [0.15, 0.2) is 0 Å². The average Bonchev–Trinajstić information content (AvgIpc) is 2.45. The van der Waals surface area contributed by atoms with Crippen LogP contribution in [0.15, 0.2) is 46.9 Å². The van der Waals surface area contributed by atoms with Gasteiger partial charge < -0.3 is 11.1 Å². The van der Waals surface area contributed by atoms with Gasteiger partial charge in [-0.1, -0.05) is 28.1 Å². The molecule has 7 heteroatoms. The summed E-state index contributed by atoms with van der Waals surface area (Å²) < 4.78 is 27.1. The summed E-state index contributed by atoms with van der Waals surface area (Å²) >= 11 is 3.32. The molecule has 2 aromatic carbocycles. The predicted molar refractivity (Wildman–Crippen MR) is 89.0 cm³/mol. The molecule has 4 nitrogen and oxygen atoms in total. The molecular weight excluding hydrogens is 382 g/mol. The van der Waals surface area contributed by atoms with Crippen molar-refractivity contribution in [1.82, 2.24) is 5.32 Å². The number of primary amides is 1. The molecule has 3 N–H and O–H groups in total. The van der Waals surface area contributed by atoms with E-state index in [0.717, 1.165) is 28.2 Å². The molecule has 0 unspecified atom stereocenters. The summed E-state index contributed by atoms with van der Waals surface area (Å²) in [6.45, 7) is 0. The van der Waals surface area contributed by atoms with Crippen molar-refractivity contribution in [2.24, 2.45) is 5.73 Å². The van der Waals surface area contributed by atoms with E-state index in [1.165, 1.54) is 0 Å². The van der Waals surface area contributed by atoms with Crippen molar-refractivity contribution in [1.29, 1.82) is 0 Å². The van der Waals surface area contributed by atoms with Gasteiger partial charge in [0.25, 0.3) is 0 Å². The molecule has 0 aliphatic rings. The number of carbonyl (C=O) groups is 2. The van der Waals surface area contributed by atoms with Crippen molar-refractivity contribution in [3.8, 4) is 0 Å². The summed E-state index contributed by atoms with van der Waals surface area (Å²) in [6, 6.07) is 9.19. The van der Waals surface area contributed by atoms with E-state index in [1.807, 2.05) is 12.1 Å². The van der Waals surface area contributed by atoms with E-state index in [4.69, 9.17) is 5.73 Å². The zero-order valence-corrected chi connectivity index (χ0v) is 14.1. The second-order valence-corrected chi connectivity index (χ2v) is 6.23. The lowest BCUT2D eigenvalue weighted by atomic mass is 10.0. The smallest absolute Gasteiger partial charge is 0.240 e. The minimum atomic E-state index is -0.912. The van der Waals surface area contributed by atoms with Gasteiger partial charge >= 0.3 is 0 Å². The highest BCUT2D eigenvalue weighted by molar-refractivity contribution is 9.10. The Morgan fingerprint density at radius 2 is 1.75 bits per heavy atom. The van der Waals surface area contributed by atoms with Crippen LogP contribution in [0.3, 0.4) is 0 Å². The summed E-state index contributed by atoms with van der Waals surface area (Å²) in [5.41, 5.74) is 6.31. The Bertz CT molecular complexity index is 748. The molecule has 2 rings (SSSR count). The van der Waals surface area contributed by atoms with Gasteiger partial charge in [-0.2, -0.15) is 0 Å².